The Hall–Kier alpha value is -3.87. The van der Waals surface area contributed by atoms with Crippen LogP contribution in [0.5, 0.6) is 0 Å². The molecule has 0 bridgehead atoms. The van der Waals surface area contributed by atoms with E-state index in [0.717, 1.165) is 5.56 Å². The van der Waals surface area contributed by atoms with Crippen molar-refractivity contribution >= 4 is 28.5 Å². The molecule has 0 spiro atoms. The number of amides is 2. The van der Waals surface area contributed by atoms with Gasteiger partial charge in [-0.1, -0.05) is 12.1 Å². The third-order valence-electron chi connectivity index (χ3n) is 4.79. The van der Waals surface area contributed by atoms with Crippen molar-refractivity contribution in [3.8, 4) is 5.69 Å². The fraction of sp³-hybridized carbons (Fsp3) is 0.0476. The largest absolute Gasteiger partial charge is 0.268 e. The summed E-state index contributed by atoms with van der Waals surface area (Å²) in [4.78, 5) is 28.1. The lowest BCUT2D eigenvalue weighted by atomic mass is 10.1. The minimum Gasteiger partial charge on any atom is -0.268 e. The molecule has 0 saturated carbocycles. The Labute approximate surface area is 158 Å². The number of aromatic nitrogens is 3. The maximum absolute atomic E-state index is 13.2. The van der Waals surface area contributed by atoms with Gasteiger partial charge in [-0.15, -0.1) is 10.2 Å². The smallest absolute Gasteiger partial charge is 0.266 e. The van der Waals surface area contributed by atoms with E-state index < -0.39 is 0 Å². The fourth-order valence-corrected chi connectivity index (χ4v) is 3.40. The van der Waals surface area contributed by atoms with Gasteiger partial charge in [0.15, 0.2) is 0 Å². The standard InChI is InChI=1S/C21H13FN4O2/c1-12-10-17-18(24-26(23-17)14-8-6-13(22)7-9-14)11-19(12)25-20(27)15-4-2-3-5-16(15)21(25)28/h2-11H,1H3. The maximum atomic E-state index is 13.2. The highest BCUT2D eigenvalue weighted by Gasteiger charge is 2.37. The summed E-state index contributed by atoms with van der Waals surface area (Å²) in [5.74, 6) is -1.05. The number of benzene rings is 3. The molecule has 6 nitrogen and oxygen atoms in total. The van der Waals surface area contributed by atoms with Crippen LogP contribution in [0.4, 0.5) is 10.1 Å². The van der Waals surface area contributed by atoms with E-state index in [1.807, 2.05) is 6.92 Å². The number of rotatable bonds is 2. The van der Waals surface area contributed by atoms with Gasteiger partial charge < -0.3 is 0 Å². The summed E-state index contributed by atoms with van der Waals surface area (Å²) in [7, 11) is 0. The van der Waals surface area contributed by atoms with Gasteiger partial charge in [0.1, 0.15) is 16.9 Å². The zero-order valence-corrected chi connectivity index (χ0v) is 14.8. The number of hydrogen-bond acceptors (Lipinski definition) is 4. The van der Waals surface area contributed by atoms with Gasteiger partial charge >= 0.3 is 0 Å². The number of imide groups is 1. The predicted molar refractivity (Wildman–Crippen MR) is 101 cm³/mol. The van der Waals surface area contributed by atoms with Crippen molar-refractivity contribution < 1.29 is 14.0 Å². The topological polar surface area (TPSA) is 68.1 Å². The van der Waals surface area contributed by atoms with Gasteiger partial charge in [0.05, 0.1) is 22.5 Å². The lowest BCUT2D eigenvalue weighted by Crippen LogP contribution is -2.30. The summed E-state index contributed by atoms with van der Waals surface area (Å²) in [5, 5.41) is 8.83. The zero-order chi connectivity index (χ0) is 19.4. The van der Waals surface area contributed by atoms with Crippen LogP contribution in [0.15, 0.2) is 60.7 Å². The highest BCUT2D eigenvalue weighted by molar-refractivity contribution is 6.34. The molecule has 0 N–H and O–H groups in total. The van der Waals surface area contributed by atoms with E-state index >= 15 is 0 Å². The second-order valence-electron chi connectivity index (χ2n) is 6.58. The molecule has 0 aliphatic carbocycles. The summed E-state index contributed by atoms with van der Waals surface area (Å²) in [6, 6.07) is 16.0. The predicted octanol–water partition coefficient (Wildman–Crippen LogP) is 3.67. The van der Waals surface area contributed by atoms with Crippen molar-refractivity contribution in [2.24, 2.45) is 0 Å². The molecule has 28 heavy (non-hydrogen) atoms. The molecule has 136 valence electrons. The minimum absolute atomic E-state index is 0.343. The number of carbonyl (C=O) groups is 2. The third-order valence-corrected chi connectivity index (χ3v) is 4.79. The molecule has 2 amide bonds. The van der Waals surface area contributed by atoms with Crippen LogP contribution >= 0.6 is 0 Å². The minimum atomic E-state index is -0.353. The van der Waals surface area contributed by atoms with E-state index in [-0.39, 0.29) is 17.6 Å². The van der Waals surface area contributed by atoms with Crippen molar-refractivity contribution in [2.45, 2.75) is 6.92 Å². The highest BCUT2D eigenvalue weighted by atomic mass is 19.1. The van der Waals surface area contributed by atoms with Crippen LogP contribution in [0, 0.1) is 12.7 Å². The molecule has 7 heteroatoms. The fourth-order valence-electron chi connectivity index (χ4n) is 3.40. The number of aryl methyl sites for hydroxylation is 1. The first-order valence-electron chi connectivity index (χ1n) is 8.64. The first kappa shape index (κ1) is 16.3. The molecule has 0 atom stereocenters. The molecular formula is C21H13FN4O2. The van der Waals surface area contributed by atoms with E-state index in [4.69, 9.17) is 0 Å². The normalized spacial score (nSPS) is 13.4. The van der Waals surface area contributed by atoms with Crippen LogP contribution in [0.3, 0.4) is 0 Å². The van der Waals surface area contributed by atoms with Crippen LogP contribution in [0.25, 0.3) is 16.7 Å². The van der Waals surface area contributed by atoms with Crippen LogP contribution in [-0.4, -0.2) is 26.8 Å². The van der Waals surface area contributed by atoms with Gasteiger partial charge in [-0.05, 0) is 61.0 Å². The molecule has 1 aromatic heterocycles. The summed E-state index contributed by atoms with van der Waals surface area (Å²) in [6.07, 6.45) is 0. The van der Waals surface area contributed by atoms with Gasteiger partial charge in [-0.2, -0.15) is 4.80 Å². The third kappa shape index (κ3) is 2.33. The first-order valence-corrected chi connectivity index (χ1v) is 8.64. The van der Waals surface area contributed by atoms with E-state index in [1.54, 1.807) is 48.5 Å². The van der Waals surface area contributed by atoms with Gasteiger partial charge in [0, 0.05) is 0 Å². The summed E-state index contributed by atoms with van der Waals surface area (Å²) in [5.41, 5.74) is 3.74. The summed E-state index contributed by atoms with van der Waals surface area (Å²) in [6.45, 7) is 1.81. The summed E-state index contributed by atoms with van der Waals surface area (Å²) >= 11 is 0. The van der Waals surface area contributed by atoms with Crippen LogP contribution in [0.2, 0.25) is 0 Å². The van der Waals surface area contributed by atoms with E-state index in [0.29, 0.717) is 33.5 Å². The molecule has 4 aromatic rings. The average molecular weight is 372 g/mol. The Morgan fingerprint density at radius 2 is 1.39 bits per heavy atom. The molecule has 0 radical (unpaired) electrons. The summed E-state index contributed by atoms with van der Waals surface area (Å²) < 4.78 is 13.2. The molecule has 5 rings (SSSR count). The lowest BCUT2D eigenvalue weighted by Gasteiger charge is -2.16. The number of fused-ring (bicyclic) bond motifs is 2. The SMILES string of the molecule is Cc1cc2nn(-c3ccc(F)cc3)nc2cc1N1C(=O)c2ccccc2C1=O. The number of halogens is 1. The average Bonchev–Trinajstić information content (AvgIpc) is 3.21. The molecule has 0 fully saturated rings. The molecule has 0 unspecified atom stereocenters. The van der Waals surface area contributed by atoms with E-state index in [9.17, 15) is 14.0 Å². The second kappa shape index (κ2) is 5.82. The highest BCUT2D eigenvalue weighted by Crippen LogP contribution is 2.32. The van der Waals surface area contributed by atoms with Gasteiger partial charge in [-0.3, -0.25) is 9.59 Å². The van der Waals surface area contributed by atoms with Crippen LogP contribution in [-0.2, 0) is 0 Å². The Kier molecular flexibility index (Phi) is 3.39. The van der Waals surface area contributed by atoms with Crippen LogP contribution in [0.1, 0.15) is 26.3 Å². The number of carbonyl (C=O) groups excluding carboxylic acids is 2. The van der Waals surface area contributed by atoms with Crippen LogP contribution < -0.4 is 4.90 Å². The van der Waals surface area contributed by atoms with Crippen molar-refractivity contribution in [2.75, 3.05) is 4.90 Å². The molecule has 1 aliphatic rings. The number of nitrogens with zero attached hydrogens (tertiary/aromatic N) is 4. The van der Waals surface area contributed by atoms with E-state index in [2.05, 4.69) is 10.2 Å². The van der Waals surface area contributed by atoms with Crippen molar-refractivity contribution in [3.63, 3.8) is 0 Å². The van der Waals surface area contributed by atoms with Crippen molar-refractivity contribution in [1.29, 1.82) is 0 Å². The number of anilines is 1. The van der Waals surface area contributed by atoms with Gasteiger partial charge in [0.2, 0.25) is 0 Å². The molecule has 3 aromatic carbocycles. The quantitative estimate of drug-likeness (QED) is 0.504. The molecule has 1 aliphatic heterocycles. The Morgan fingerprint density at radius 1 is 0.821 bits per heavy atom. The van der Waals surface area contributed by atoms with Crippen molar-refractivity contribution in [1.82, 2.24) is 15.0 Å². The molecule has 2 heterocycles. The Morgan fingerprint density at radius 3 is 2.00 bits per heavy atom. The lowest BCUT2D eigenvalue weighted by molar-refractivity contribution is 0.0926. The number of hydrogen-bond donors (Lipinski definition) is 0. The Bertz CT molecular complexity index is 1240. The molecule has 0 saturated heterocycles. The Balaban J connectivity index is 1.62. The first-order chi connectivity index (χ1) is 13.5. The maximum Gasteiger partial charge on any atom is 0.266 e. The van der Waals surface area contributed by atoms with Gasteiger partial charge in [-0.25, -0.2) is 9.29 Å². The van der Waals surface area contributed by atoms with Crippen molar-refractivity contribution in [3.05, 3.63) is 83.2 Å². The monoisotopic (exact) mass is 372 g/mol. The van der Waals surface area contributed by atoms with Gasteiger partial charge in [0.25, 0.3) is 11.8 Å². The second-order valence-corrected chi connectivity index (χ2v) is 6.58. The zero-order valence-electron chi connectivity index (χ0n) is 14.8. The van der Waals surface area contributed by atoms with E-state index in [1.165, 1.54) is 21.8 Å². The molecular weight excluding hydrogens is 359 g/mol.